The average molecular weight is 325 g/mol. The van der Waals surface area contributed by atoms with Crippen LogP contribution in [0.5, 0.6) is 5.75 Å². The minimum absolute atomic E-state index is 0.0126. The average Bonchev–Trinajstić information content (AvgIpc) is 2.92. The van der Waals surface area contributed by atoms with E-state index in [-0.39, 0.29) is 29.9 Å². The lowest BCUT2D eigenvalue weighted by atomic mass is 10.0. The molecule has 1 atom stereocenters. The molecule has 118 valence electrons. The number of carbonyl (C=O) groups is 2. The molecule has 1 aromatic rings. The van der Waals surface area contributed by atoms with E-state index in [2.05, 4.69) is 5.32 Å². The summed E-state index contributed by atoms with van der Waals surface area (Å²) < 4.78 is 26.2. The minimum atomic E-state index is -3.94. The second kappa shape index (κ2) is 5.16. The van der Waals surface area contributed by atoms with Gasteiger partial charge in [0.1, 0.15) is 12.3 Å². The van der Waals surface area contributed by atoms with Crippen LogP contribution in [0.4, 0.5) is 5.69 Å². The van der Waals surface area contributed by atoms with E-state index in [1.54, 1.807) is 6.07 Å². The maximum atomic E-state index is 11.8. The van der Waals surface area contributed by atoms with E-state index in [1.807, 2.05) is 4.72 Å². The van der Waals surface area contributed by atoms with Crippen molar-refractivity contribution in [1.82, 2.24) is 10.0 Å². The van der Waals surface area contributed by atoms with Gasteiger partial charge in [0, 0.05) is 12.5 Å². The van der Waals surface area contributed by atoms with Gasteiger partial charge in [0.05, 0.1) is 5.69 Å². The Bertz CT molecular complexity index is 746. The quantitative estimate of drug-likeness (QED) is 0.686. The van der Waals surface area contributed by atoms with Crippen molar-refractivity contribution >= 4 is 27.7 Å². The van der Waals surface area contributed by atoms with Crippen molar-refractivity contribution in [3.63, 3.8) is 0 Å². The normalized spacial score (nSPS) is 23.5. The van der Waals surface area contributed by atoms with Gasteiger partial charge in [-0.3, -0.25) is 9.59 Å². The Hall–Kier alpha value is -2.29. The zero-order chi connectivity index (χ0) is 15.9. The Morgan fingerprint density at radius 1 is 1.27 bits per heavy atom. The van der Waals surface area contributed by atoms with Crippen molar-refractivity contribution in [3.05, 3.63) is 23.8 Å². The highest BCUT2D eigenvalue weighted by atomic mass is 32.2. The van der Waals surface area contributed by atoms with Crippen molar-refractivity contribution in [2.75, 3.05) is 10.8 Å². The summed E-state index contributed by atoms with van der Waals surface area (Å²) in [5, 5.41) is 12.9. The molecule has 2 aliphatic rings. The van der Waals surface area contributed by atoms with Crippen LogP contribution in [0.2, 0.25) is 0 Å². The third-order valence-electron chi connectivity index (χ3n) is 3.70. The number of hydrogen-bond acceptors (Lipinski definition) is 5. The van der Waals surface area contributed by atoms with E-state index in [4.69, 9.17) is 0 Å². The van der Waals surface area contributed by atoms with E-state index >= 15 is 0 Å². The number of carbonyl (C=O) groups excluding carboxylic acids is 2. The number of nitrogens with zero attached hydrogens (tertiary/aromatic N) is 1. The molecule has 2 saturated heterocycles. The van der Waals surface area contributed by atoms with Gasteiger partial charge < -0.3 is 10.4 Å². The van der Waals surface area contributed by atoms with Gasteiger partial charge in [0.15, 0.2) is 0 Å². The Kier molecular flexibility index (Phi) is 3.44. The summed E-state index contributed by atoms with van der Waals surface area (Å²) in [5.41, 5.74) is 0.835. The molecule has 2 amide bonds. The number of aromatic hydroxyl groups is 1. The molecule has 2 aliphatic heterocycles. The second-order valence-corrected chi connectivity index (χ2v) is 6.96. The third kappa shape index (κ3) is 2.71. The van der Waals surface area contributed by atoms with Crippen LogP contribution in [0.15, 0.2) is 18.2 Å². The van der Waals surface area contributed by atoms with Gasteiger partial charge in [0.25, 0.3) is 5.91 Å². The molecule has 22 heavy (non-hydrogen) atoms. The van der Waals surface area contributed by atoms with Gasteiger partial charge in [-0.1, -0.05) is 6.07 Å². The first-order valence-electron chi connectivity index (χ1n) is 6.80. The molecule has 0 aromatic heterocycles. The van der Waals surface area contributed by atoms with Crippen LogP contribution in [-0.2, 0) is 26.2 Å². The highest BCUT2D eigenvalue weighted by Gasteiger charge is 2.35. The maximum Gasteiger partial charge on any atom is 0.326 e. The molecule has 8 nitrogen and oxygen atoms in total. The largest absolute Gasteiger partial charge is 0.506 e. The molecule has 0 spiro atoms. The summed E-state index contributed by atoms with van der Waals surface area (Å²) in [6.45, 7) is -0.353. The number of rotatable bonds is 3. The predicted octanol–water partition coefficient (Wildman–Crippen LogP) is -0.606. The molecule has 0 unspecified atom stereocenters. The fourth-order valence-corrected chi connectivity index (χ4v) is 3.85. The fraction of sp³-hybridized carbons (Fsp3) is 0.385. The first-order chi connectivity index (χ1) is 10.3. The number of amides is 2. The molecule has 9 heteroatoms. The first-order valence-corrected chi connectivity index (χ1v) is 8.24. The summed E-state index contributed by atoms with van der Waals surface area (Å²) in [5.74, 6) is -0.849. The molecular formula is C13H15N3O5S. The zero-order valence-electron chi connectivity index (χ0n) is 11.6. The van der Waals surface area contributed by atoms with Crippen molar-refractivity contribution in [2.24, 2.45) is 0 Å². The molecule has 0 aliphatic carbocycles. The number of nitrogens with one attached hydrogen (secondary N) is 2. The minimum Gasteiger partial charge on any atom is -0.506 e. The fourth-order valence-electron chi connectivity index (χ4n) is 2.68. The lowest BCUT2D eigenvalue weighted by molar-refractivity contribution is -0.119. The summed E-state index contributed by atoms with van der Waals surface area (Å²) >= 11 is 0. The molecule has 1 aromatic carbocycles. The molecule has 3 N–H and O–H groups in total. The number of hydrogen-bond donors (Lipinski definition) is 3. The monoisotopic (exact) mass is 325 g/mol. The maximum absolute atomic E-state index is 11.8. The van der Waals surface area contributed by atoms with Gasteiger partial charge in [-0.2, -0.15) is 8.42 Å². The zero-order valence-corrected chi connectivity index (χ0v) is 12.4. The van der Waals surface area contributed by atoms with Crippen molar-refractivity contribution in [2.45, 2.75) is 25.3 Å². The van der Waals surface area contributed by atoms with Crippen molar-refractivity contribution < 1.29 is 23.1 Å². The van der Waals surface area contributed by atoms with Gasteiger partial charge in [-0.05, 0) is 30.5 Å². The smallest absolute Gasteiger partial charge is 0.326 e. The van der Waals surface area contributed by atoms with Crippen LogP contribution in [0, 0.1) is 0 Å². The summed E-state index contributed by atoms with van der Waals surface area (Å²) in [6, 6.07) is 4.62. The number of phenolic OH excluding ortho intramolecular Hbond substituents is 1. The SMILES string of the molecule is O=C1CC[C@@H](Cc2ccc(N3CC(=O)NS3(=O)=O)c(O)c2)N1. The molecule has 2 fully saturated rings. The highest BCUT2D eigenvalue weighted by molar-refractivity contribution is 7.92. The first kappa shape index (κ1) is 14.6. The van der Waals surface area contributed by atoms with Gasteiger partial charge in [0.2, 0.25) is 5.91 Å². The van der Waals surface area contributed by atoms with Crippen molar-refractivity contribution in [3.8, 4) is 5.75 Å². The van der Waals surface area contributed by atoms with E-state index < -0.39 is 16.1 Å². The standard InChI is InChI=1S/C13H15N3O5S/c17-11-6-8(5-9-2-4-12(18)14-9)1-3-10(11)16-7-13(19)15-22(16,20)21/h1,3,6,9,17H,2,4-5,7H2,(H,14,18)(H,15,19)/t9-/m0/s1. The number of benzene rings is 1. The Labute approximate surface area is 127 Å². The van der Waals surface area contributed by atoms with Gasteiger partial charge in [-0.25, -0.2) is 9.03 Å². The lowest BCUT2D eigenvalue weighted by Crippen LogP contribution is -2.29. The lowest BCUT2D eigenvalue weighted by Gasteiger charge is -2.17. The van der Waals surface area contributed by atoms with Crippen LogP contribution < -0.4 is 14.3 Å². The molecule has 0 bridgehead atoms. The summed E-state index contributed by atoms with van der Waals surface area (Å²) in [4.78, 5) is 22.4. The van der Waals surface area contributed by atoms with E-state index in [1.165, 1.54) is 12.1 Å². The third-order valence-corrected chi connectivity index (χ3v) is 5.09. The summed E-state index contributed by atoms with van der Waals surface area (Å²) in [6.07, 6.45) is 1.79. The van der Waals surface area contributed by atoms with Crippen LogP contribution in [0.3, 0.4) is 0 Å². The second-order valence-electron chi connectivity index (χ2n) is 5.37. The van der Waals surface area contributed by atoms with Crippen LogP contribution in [0.25, 0.3) is 0 Å². The van der Waals surface area contributed by atoms with Crippen LogP contribution in [-0.4, -0.2) is 37.9 Å². The molecule has 0 radical (unpaired) electrons. The molecule has 0 saturated carbocycles. The van der Waals surface area contributed by atoms with Gasteiger partial charge in [-0.15, -0.1) is 0 Å². The Morgan fingerprint density at radius 3 is 2.59 bits per heavy atom. The molecular weight excluding hydrogens is 310 g/mol. The van der Waals surface area contributed by atoms with Gasteiger partial charge >= 0.3 is 10.2 Å². The van der Waals surface area contributed by atoms with E-state index in [9.17, 15) is 23.1 Å². The predicted molar refractivity (Wildman–Crippen MR) is 77.4 cm³/mol. The molecule has 3 rings (SSSR count). The van der Waals surface area contributed by atoms with Crippen LogP contribution >= 0.6 is 0 Å². The van der Waals surface area contributed by atoms with E-state index in [0.29, 0.717) is 12.8 Å². The Balaban J connectivity index is 1.81. The summed E-state index contributed by atoms with van der Waals surface area (Å²) in [7, 11) is -3.94. The highest BCUT2D eigenvalue weighted by Crippen LogP contribution is 2.31. The van der Waals surface area contributed by atoms with Crippen LogP contribution in [0.1, 0.15) is 18.4 Å². The number of anilines is 1. The van der Waals surface area contributed by atoms with Crippen molar-refractivity contribution in [1.29, 1.82) is 0 Å². The molecule has 2 heterocycles. The topological polar surface area (TPSA) is 116 Å². The van der Waals surface area contributed by atoms with E-state index in [0.717, 1.165) is 16.3 Å². The Morgan fingerprint density at radius 2 is 2.05 bits per heavy atom. The number of phenols is 1.